The summed E-state index contributed by atoms with van der Waals surface area (Å²) in [6, 6.07) is 1.24. The third kappa shape index (κ3) is 3.64. The van der Waals surface area contributed by atoms with E-state index in [0.717, 1.165) is 10.8 Å². The second-order valence-electron chi connectivity index (χ2n) is 7.67. The summed E-state index contributed by atoms with van der Waals surface area (Å²) in [6.45, 7) is 0.165. The van der Waals surface area contributed by atoms with Gasteiger partial charge in [0.15, 0.2) is 0 Å². The number of H-pyrrole nitrogens is 3. The van der Waals surface area contributed by atoms with E-state index in [4.69, 9.17) is 0 Å². The van der Waals surface area contributed by atoms with Gasteiger partial charge in [-0.25, -0.2) is 4.79 Å². The molecule has 1 aliphatic rings. The molecule has 0 fully saturated rings. The Bertz CT molecular complexity index is 1510. The van der Waals surface area contributed by atoms with Crippen LogP contribution in [0.1, 0.15) is 27.9 Å². The number of rotatable bonds is 4. The van der Waals surface area contributed by atoms with Crippen molar-refractivity contribution in [2.75, 3.05) is 6.54 Å². The number of nitrogens with zero attached hydrogens (tertiary/aromatic N) is 2. The average molecular weight is 442 g/mol. The number of carbonyl (C=O) groups excluding carboxylic acids is 1. The van der Waals surface area contributed by atoms with Crippen LogP contribution in [0.4, 0.5) is 5.69 Å². The molecule has 4 rings (SSSR count). The second kappa shape index (κ2) is 7.76. The molecule has 2 heterocycles. The maximum absolute atomic E-state index is 12.4. The lowest BCUT2D eigenvalue weighted by atomic mass is 9.82. The molecule has 32 heavy (non-hydrogen) atoms. The van der Waals surface area contributed by atoms with E-state index in [9.17, 15) is 34.1 Å². The van der Waals surface area contributed by atoms with Crippen LogP contribution in [0, 0.1) is 16.0 Å². The average Bonchev–Trinajstić information content (AvgIpc) is 2.74. The molecular formula is C19H18N6O7. The van der Waals surface area contributed by atoms with Crippen LogP contribution in [0.5, 0.6) is 0 Å². The number of benzene rings is 1. The van der Waals surface area contributed by atoms with Gasteiger partial charge in [-0.2, -0.15) is 0 Å². The minimum Gasteiger partial charge on any atom is -0.352 e. The Hall–Kier alpha value is -4.29. The molecule has 1 unspecified atom stereocenters. The largest absolute Gasteiger partial charge is 0.352 e. The number of aryl methyl sites for hydroxylation is 1. The van der Waals surface area contributed by atoms with Crippen LogP contribution in [0.25, 0.3) is 11.0 Å². The highest BCUT2D eigenvalue weighted by Gasteiger charge is 2.29. The van der Waals surface area contributed by atoms with Crippen LogP contribution < -0.4 is 27.7 Å². The summed E-state index contributed by atoms with van der Waals surface area (Å²) in [4.78, 5) is 77.2. The molecule has 13 nitrogen and oxygen atoms in total. The SMILES string of the molecule is Cn1cc(C(=O)NCC2CCc3c([N+](=O)[O-])cc4[nH]c(=O)c(=O)[nH]c4c3C2)c(=O)[nH]c1=O. The van der Waals surface area contributed by atoms with Gasteiger partial charge in [0.25, 0.3) is 17.2 Å². The Kier molecular flexibility index (Phi) is 5.08. The molecule has 0 saturated carbocycles. The number of nitro benzene ring substituents is 1. The highest BCUT2D eigenvalue weighted by Crippen LogP contribution is 2.35. The van der Waals surface area contributed by atoms with Crippen LogP contribution in [-0.2, 0) is 19.9 Å². The standard InChI is InChI=1S/C19H18N6O7/c1-24-7-11(16(27)23-19(24)30)15(26)20-6-8-2-3-9-10(4-8)14-12(5-13(9)25(31)32)21-17(28)18(29)22-14/h5,7-8H,2-4,6H2,1H3,(H,20,26)(H,21,28)(H,22,29)(H,23,27,30). The quantitative estimate of drug-likeness (QED) is 0.227. The van der Waals surface area contributed by atoms with Crippen molar-refractivity contribution in [1.82, 2.24) is 24.8 Å². The first-order valence-electron chi connectivity index (χ1n) is 9.69. The number of fused-ring (bicyclic) bond motifs is 3. The number of hydrogen-bond acceptors (Lipinski definition) is 7. The van der Waals surface area contributed by atoms with Crippen LogP contribution >= 0.6 is 0 Å². The van der Waals surface area contributed by atoms with Crippen molar-refractivity contribution in [2.45, 2.75) is 19.3 Å². The van der Waals surface area contributed by atoms with Crippen LogP contribution in [0.3, 0.4) is 0 Å². The van der Waals surface area contributed by atoms with E-state index in [1.807, 2.05) is 0 Å². The summed E-state index contributed by atoms with van der Waals surface area (Å²) in [5, 5.41) is 14.2. The van der Waals surface area contributed by atoms with Gasteiger partial charge in [0.1, 0.15) is 5.56 Å². The van der Waals surface area contributed by atoms with E-state index < -0.39 is 33.2 Å². The van der Waals surface area contributed by atoms with Crippen molar-refractivity contribution in [2.24, 2.45) is 13.0 Å². The Morgan fingerprint density at radius 2 is 1.88 bits per heavy atom. The summed E-state index contributed by atoms with van der Waals surface area (Å²) < 4.78 is 1.08. The van der Waals surface area contributed by atoms with Gasteiger partial charge in [-0.1, -0.05) is 0 Å². The fourth-order valence-electron chi connectivity index (χ4n) is 3.99. The van der Waals surface area contributed by atoms with Crippen LogP contribution in [0.2, 0.25) is 0 Å². The summed E-state index contributed by atoms with van der Waals surface area (Å²) in [5.41, 5.74) is -2.09. The summed E-state index contributed by atoms with van der Waals surface area (Å²) >= 11 is 0. The lowest BCUT2D eigenvalue weighted by molar-refractivity contribution is -0.385. The van der Waals surface area contributed by atoms with Gasteiger partial charge < -0.3 is 19.9 Å². The topological polar surface area (TPSA) is 193 Å². The van der Waals surface area contributed by atoms with Gasteiger partial charge in [0.05, 0.1) is 16.0 Å². The minimum absolute atomic E-state index is 0.140. The summed E-state index contributed by atoms with van der Waals surface area (Å²) in [7, 11) is 1.40. The Labute approximate surface area is 177 Å². The highest BCUT2D eigenvalue weighted by molar-refractivity contribution is 5.93. The van der Waals surface area contributed by atoms with Crippen molar-refractivity contribution in [1.29, 1.82) is 0 Å². The molecule has 166 valence electrons. The zero-order valence-corrected chi connectivity index (χ0v) is 16.8. The lowest BCUT2D eigenvalue weighted by Crippen LogP contribution is -2.38. The molecule has 2 aromatic heterocycles. The van der Waals surface area contributed by atoms with Gasteiger partial charge in [-0.15, -0.1) is 0 Å². The van der Waals surface area contributed by atoms with Gasteiger partial charge >= 0.3 is 16.8 Å². The number of aromatic amines is 3. The highest BCUT2D eigenvalue weighted by atomic mass is 16.6. The van der Waals surface area contributed by atoms with Gasteiger partial charge in [-0.05, 0) is 30.7 Å². The van der Waals surface area contributed by atoms with E-state index in [-0.39, 0.29) is 29.2 Å². The number of nitro groups is 1. The first-order valence-corrected chi connectivity index (χ1v) is 9.69. The second-order valence-corrected chi connectivity index (χ2v) is 7.67. The van der Waals surface area contributed by atoms with E-state index in [2.05, 4.69) is 20.3 Å². The first-order chi connectivity index (χ1) is 15.2. The van der Waals surface area contributed by atoms with Crippen molar-refractivity contribution in [3.63, 3.8) is 0 Å². The zero-order chi connectivity index (χ0) is 23.2. The molecule has 0 radical (unpaired) electrons. The Balaban J connectivity index is 1.63. The zero-order valence-electron chi connectivity index (χ0n) is 16.8. The molecule has 0 saturated heterocycles. The maximum Gasteiger partial charge on any atom is 0.328 e. The molecular weight excluding hydrogens is 424 g/mol. The van der Waals surface area contributed by atoms with Crippen molar-refractivity contribution in [3.05, 3.63) is 80.6 Å². The maximum atomic E-state index is 12.4. The molecule has 1 atom stereocenters. The lowest BCUT2D eigenvalue weighted by Gasteiger charge is -2.25. The van der Waals surface area contributed by atoms with E-state index in [1.54, 1.807) is 0 Å². The van der Waals surface area contributed by atoms with E-state index >= 15 is 0 Å². The number of carbonyl (C=O) groups is 1. The molecule has 1 amide bonds. The molecule has 0 spiro atoms. The minimum atomic E-state index is -0.908. The first kappa shape index (κ1) is 21.0. The van der Waals surface area contributed by atoms with Crippen LogP contribution in [0.15, 0.2) is 31.4 Å². The van der Waals surface area contributed by atoms with Crippen molar-refractivity contribution < 1.29 is 9.72 Å². The predicted molar refractivity (Wildman–Crippen MR) is 112 cm³/mol. The smallest absolute Gasteiger partial charge is 0.328 e. The van der Waals surface area contributed by atoms with Crippen molar-refractivity contribution >= 4 is 22.6 Å². The molecule has 3 aromatic rings. The monoisotopic (exact) mass is 442 g/mol. The molecule has 0 aliphatic heterocycles. The molecule has 4 N–H and O–H groups in total. The van der Waals surface area contributed by atoms with Gasteiger partial charge in [0, 0.05) is 31.4 Å². The number of aromatic nitrogens is 4. The molecule has 1 aromatic carbocycles. The normalized spacial score (nSPS) is 15.3. The fraction of sp³-hybridized carbons (Fsp3) is 0.316. The number of nitrogens with one attached hydrogen (secondary N) is 4. The van der Waals surface area contributed by atoms with Crippen LogP contribution in [-0.4, -0.2) is 36.9 Å². The van der Waals surface area contributed by atoms with Gasteiger partial charge in [-0.3, -0.25) is 34.3 Å². The summed E-state index contributed by atoms with van der Waals surface area (Å²) in [5.74, 6) is -0.798. The Morgan fingerprint density at radius 1 is 1.16 bits per heavy atom. The Morgan fingerprint density at radius 3 is 2.59 bits per heavy atom. The third-order valence-electron chi connectivity index (χ3n) is 5.61. The third-order valence-corrected chi connectivity index (χ3v) is 5.61. The predicted octanol–water partition coefficient (Wildman–Crippen LogP) is -0.953. The fourth-order valence-corrected chi connectivity index (χ4v) is 3.99. The summed E-state index contributed by atoms with van der Waals surface area (Å²) in [6.07, 6.45) is 2.31. The van der Waals surface area contributed by atoms with E-state index in [0.29, 0.717) is 35.9 Å². The number of hydrogen-bond donors (Lipinski definition) is 4. The van der Waals surface area contributed by atoms with E-state index in [1.165, 1.54) is 13.1 Å². The van der Waals surface area contributed by atoms with Crippen molar-refractivity contribution in [3.8, 4) is 0 Å². The molecule has 13 heteroatoms. The molecule has 0 bridgehead atoms. The number of amides is 1. The molecule has 1 aliphatic carbocycles. The van der Waals surface area contributed by atoms with Gasteiger partial charge in [0.2, 0.25) is 0 Å².